The van der Waals surface area contributed by atoms with E-state index in [4.69, 9.17) is 0 Å². The van der Waals surface area contributed by atoms with E-state index in [0.29, 0.717) is 0 Å². The van der Waals surface area contributed by atoms with Gasteiger partial charge in [0.25, 0.3) is 0 Å². The summed E-state index contributed by atoms with van der Waals surface area (Å²) in [5.41, 5.74) is 20.5. The fraction of sp³-hybridized carbons (Fsp3) is 0.585. The van der Waals surface area contributed by atoms with Gasteiger partial charge in [-0.1, -0.05) is 217 Å². The Bertz CT molecular complexity index is 2360. The number of hydrogen-bond acceptors (Lipinski definition) is 0. The van der Waals surface area contributed by atoms with Gasteiger partial charge >= 0.3 is 0 Å². The standard InChI is InChI=1S/C77H119P2.C5H5.Co/c1-13-25-38-60-52-56-72(68(46-33-21-9)64(60)42-29-17-5)78(73-57-53-61(39-26-14-2)65(43-30-18-6)69(73)47-34-22-10)76-50-37-51-77(76)79(74-58-54-62(40-27-15-3)66(44-31-19-7)70(74)48-35-23-11)75-59-55-63(41-28-16-4)67(45-32-20-8)71(75)49-36-24-12;1-2-4-5-3-1;/h37,50-59H,13-36,38-49H2,1-12H3;1-5H;/q-1;-5;. The molecule has 0 N–H and O–H groups in total. The average molecular weight is 1230 g/mol. The molecule has 477 valence electrons. The van der Waals surface area contributed by atoms with E-state index < -0.39 is 15.8 Å². The Balaban J connectivity index is 0.00000245. The summed E-state index contributed by atoms with van der Waals surface area (Å²) in [5, 5.41) is 10.2. The Hall–Kier alpha value is -3.05. The van der Waals surface area contributed by atoms with Gasteiger partial charge in [0.2, 0.25) is 0 Å². The maximum Gasteiger partial charge on any atom is 0 e. The molecule has 3 heteroatoms. The predicted octanol–water partition coefficient (Wildman–Crippen LogP) is 22.4. The Morgan fingerprint density at radius 1 is 0.271 bits per heavy atom. The van der Waals surface area contributed by atoms with E-state index in [9.17, 15) is 0 Å². The van der Waals surface area contributed by atoms with Crippen molar-refractivity contribution < 1.29 is 16.8 Å². The summed E-state index contributed by atoms with van der Waals surface area (Å²) < 4.78 is 0. The molecule has 0 saturated carbocycles. The third-order valence-electron chi connectivity index (χ3n) is 18.2. The van der Waals surface area contributed by atoms with E-state index in [0.717, 1.165) is 0 Å². The van der Waals surface area contributed by atoms with Crippen molar-refractivity contribution in [1.82, 2.24) is 0 Å². The molecule has 85 heavy (non-hydrogen) atoms. The molecule has 1 radical (unpaired) electrons. The zero-order chi connectivity index (χ0) is 60.3. The molecule has 6 aromatic rings. The first-order chi connectivity index (χ1) is 41.3. The summed E-state index contributed by atoms with van der Waals surface area (Å²) in [6, 6.07) is 39.8. The maximum atomic E-state index is 2.76. The van der Waals surface area contributed by atoms with Crippen LogP contribution in [0.3, 0.4) is 0 Å². The largest absolute Gasteiger partial charge is 0.748 e. The predicted molar refractivity (Wildman–Crippen MR) is 385 cm³/mol. The number of rotatable bonds is 42. The van der Waals surface area contributed by atoms with Crippen LogP contribution in [0.2, 0.25) is 0 Å². The van der Waals surface area contributed by atoms with Gasteiger partial charge in [-0.15, -0.1) is 10.6 Å². The molecule has 0 fully saturated rings. The quantitative estimate of drug-likeness (QED) is 0.0265. The van der Waals surface area contributed by atoms with Crippen LogP contribution in [-0.2, 0) is 93.8 Å². The van der Waals surface area contributed by atoms with Gasteiger partial charge in [0.05, 0.1) is 0 Å². The fourth-order valence-electron chi connectivity index (χ4n) is 13.2. The molecule has 0 nitrogen and oxygen atoms in total. The Kier molecular flexibility index (Phi) is 38.2. The molecular weight excluding hydrogens is 1110 g/mol. The number of aryl methyl sites for hydroxylation is 4. The van der Waals surface area contributed by atoms with Crippen LogP contribution in [-0.4, -0.2) is 0 Å². The van der Waals surface area contributed by atoms with E-state index in [-0.39, 0.29) is 16.8 Å². The number of benzene rings is 4. The van der Waals surface area contributed by atoms with Crippen LogP contribution in [0.5, 0.6) is 0 Å². The van der Waals surface area contributed by atoms with Crippen LogP contribution in [0, 0.1) is 0 Å². The van der Waals surface area contributed by atoms with Gasteiger partial charge in [0, 0.05) is 16.8 Å². The van der Waals surface area contributed by atoms with Crippen molar-refractivity contribution in [1.29, 1.82) is 0 Å². The van der Waals surface area contributed by atoms with E-state index >= 15 is 0 Å². The zero-order valence-electron chi connectivity index (χ0n) is 56.9. The van der Waals surface area contributed by atoms with Gasteiger partial charge in [-0.2, -0.15) is 6.07 Å². The maximum absolute atomic E-state index is 2.76. The summed E-state index contributed by atoms with van der Waals surface area (Å²) in [4.78, 5) is 0. The zero-order valence-corrected chi connectivity index (χ0v) is 59.8. The molecule has 0 saturated heterocycles. The van der Waals surface area contributed by atoms with Gasteiger partial charge in [-0.05, 0) is 250 Å². The Labute approximate surface area is 539 Å². The van der Waals surface area contributed by atoms with Crippen molar-refractivity contribution in [2.45, 2.75) is 314 Å². The van der Waals surface area contributed by atoms with Crippen LogP contribution in [0.4, 0.5) is 0 Å². The first-order valence-corrected chi connectivity index (χ1v) is 38.6. The SMILES string of the molecule is CCCCc1ccc(P(c2ccc(CCCC)c(CCCC)c2CCCC)c2ccc[c-]2P(c2ccc(CCCC)c(CCCC)c2CCCC)c2ccc(CCCC)c(CCCC)c2CCCC)c(CCCC)c1CCCC.[Co].[cH-]1[cH-][cH-][cH-][cH-]1. The monoisotopic (exact) mass is 1230 g/mol. The van der Waals surface area contributed by atoms with Crippen molar-refractivity contribution in [3.63, 3.8) is 0 Å². The first-order valence-electron chi connectivity index (χ1n) is 35.9. The topological polar surface area (TPSA) is 0 Å². The van der Waals surface area contributed by atoms with Gasteiger partial charge in [-0.3, -0.25) is 0 Å². The van der Waals surface area contributed by atoms with E-state index in [1.54, 1.807) is 98.6 Å². The molecule has 0 spiro atoms. The summed E-state index contributed by atoms with van der Waals surface area (Å²) in [6.45, 7) is 29.0. The van der Waals surface area contributed by atoms with Crippen molar-refractivity contribution >= 4 is 47.7 Å². The second-order valence-corrected chi connectivity index (χ2v) is 29.2. The van der Waals surface area contributed by atoms with Crippen molar-refractivity contribution in [2.75, 3.05) is 0 Å². The van der Waals surface area contributed by atoms with Crippen LogP contribution in [0.1, 0.15) is 304 Å². The van der Waals surface area contributed by atoms with E-state index in [1.165, 1.54) is 231 Å². The van der Waals surface area contributed by atoms with Crippen molar-refractivity contribution in [2.24, 2.45) is 0 Å². The fourth-order valence-corrected chi connectivity index (χ4v) is 19.4. The van der Waals surface area contributed by atoms with Crippen molar-refractivity contribution in [3.8, 4) is 0 Å². The summed E-state index contributed by atoms with van der Waals surface area (Å²) in [6.07, 6.45) is 44.5. The minimum Gasteiger partial charge on any atom is -0.748 e. The van der Waals surface area contributed by atoms with E-state index in [2.05, 4.69) is 150 Å². The van der Waals surface area contributed by atoms with Gasteiger partial charge in [0.15, 0.2) is 0 Å². The van der Waals surface area contributed by atoms with Crippen molar-refractivity contribution in [3.05, 3.63) is 164 Å². The third kappa shape index (κ3) is 21.9. The van der Waals surface area contributed by atoms with E-state index in [1.807, 2.05) is 30.3 Å². The summed E-state index contributed by atoms with van der Waals surface area (Å²) in [5.74, 6) is 0. The molecule has 0 aliphatic rings. The minimum absolute atomic E-state index is 0. The van der Waals surface area contributed by atoms with Crippen LogP contribution in [0.25, 0.3) is 0 Å². The molecule has 0 bridgehead atoms. The Morgan fingerprint density at radius 2 is 0.494 bits per heavy atom. The van der Waals surface area contributed by atoms with Gasteiger partial charge in [-0.25, -0.2) is 12.1 Å². The molecule has 0 aromatic heterocycles. The molecule has 0 heterocycles. The van der Waals surface area contributed by atoms with Crippen LogP contribution >= 0.6 is 15.8 Å². The molecule has 6 aromatic carbocycles. The molecular formula is C82H124CoP2-6. The van der Waals surface area contributed by atoms with Gasteiger partial charge in [0.1, 0.15) is 0 Å². The second kappa shape index (κ2) is 43.6. The van der Waals surface area contributed by atoms with Gasteiger partial charge < -0.3 is 30.3 Å². The normalized spacial score (nSPS) is 11.5. The number of hydrogen-bond donors (Lipinski definition) is 0. The summed E-state index contributed by atoms with van der Waals surface area (Å²) in [7, 11) is -1.84. The minimum atomic E-state index is -0.918. The number of unbranched alkanes of at least 4 members (excludes halogenated alkanes) is 12. The third-order valence-corrected chi connectivity index (χ3v) is 23.7. The van der Waals surface area contributed by atoms with Crippen LogP contribution in [0.15, 0.2) is 97.1 Å². The average Bonchev–Trinajstić information content (AvgIpc) is 2.67. The Morgan fingerprint density at radius 3 is 0.753 bits per heavy atom. The molecule has 6 rings (SSSR count). The molecule has 0 aliphatic carbocycles. The second-order valence-electron chi connectivity index (χ2n) is 25.0. The van der Waals surface area contributed by atoms with Crippen LogP contribution < -0.4 is 31.8 Å². The smallest absolute Gasteiger partial charge is 0 e. The molecule has 0 atom stereocenters. The molecule has 0 unspecified atom stereocenters. The molecule has 0 aliphatic heterocycles. The first kappa shape index (κ1) is 74.4. The summed E-state index contributed by atoms with van der Waals surface area (Å²) >= 11 is 0. The molecule has 0 amide bonds.